The average molecular weight is 184 g/mol. The SMILES string of the molecule is C[C@@H](O)/C=C/C1=C(CO)C(=O)OC1. The lowest BCUT2D eigenvalue weighted by molar-refractivity contribution is -0.136. The molecule has 2 N–H and O–H groups in total. The highest BCUT2D eigenvalue weighted by atomic mass is 16.5. The Kier molecular flexibility index (Phi) is 3.22. The number of hydrogen-bond donors (Lipinski definition) is 2. The van der Waals surface area contributed by atoms with Gasteiger partial charge in [-0.25, -0.2) is 4.79 Å². The smallest absolute Gasteiger partial charge is 0.337 e. The summed E-state index contributed by atoms with van der Waals surface area (Å²) in [6.45, 7) is 1.46. The maximum absolute atomic E-state index is 10.9. The standard InChI is InChI=1S/C9H12O4/c1-6(11)2-3-7-5-13-9(12)8(7)4-10/h2-3,6,10-11H,4-5H2,1H3/b3-2+/t6-/m1/s1. The van der Waals surface area contributed by atoms with E-state index in [1.54, 1.807) is 13.0 Å². The number of carbonyl (C=O) groups excluding carboxylic acids is 1. The largest absolute Gasteiger partial charge is 0.457 e. The molecule has 0 spiro atoms. The van der Waals surface area contributed by atoms with Gasteiger partial charge in [-0.2, -0.15) is 0 Å². The first-order valence-electron chi connectivity index (χ1n) is 4.01. The Morgan fingerprint density at radius 3 is 2.92 bits per heavy atom. The Labute approximate surface area is 76.1 Å². The minimum absolute atomic E-state index is 0.179. The molecular weight excluding hydrogens is 172 g/mol. The summed E-state index contributed by atoms with van der Waals surface area (Å²) in [6, 6.07) is 0. The summed E-state index contributed by atoms with van der Waals surface area (Å²) in [7, 11) is 0. The Bertz CT molecular complexity index is 263. The molecule has 0 saturated heterocycles. The van der Waals surface area contributed by atoms with Crippen LogP contribution in [0.2, 0.25) is 0 Å². The Morgan fingerprint density at radius 1 is 1.69 bits per heavy atom. The summed E-state index contributed by atoms with van der Waals surface area (Å²) in [5, 5.41) is 17.8. The fraction of sp³-hybridized carbons (Fsp3) is 0.444. The van der Waals surface area contributed by atoms with Crippen molar-refractivity contribution in [3.8, 4) is 0 Å². The summed E-state index contributed by atoms with van der Waals surface area (Å²) in [6.07, 6.45) is 2.57. The van der Waals surface area contributed by atoms with Gasteiger partial charge in [0.2, 0.25) is 0 Å². The van der Waals surface area contributed by atoms with Crippen LogP contribution in [-0.4, -0.2) is 35.5 Å². The lowest BCUT2D eigenvalue weighted by atomic mass is 10.1. The van der Waals surface area contributed by atoms with Crippen molar-refractivity contribution < 1.29 is 19.7 Å². The van der Waals surface area contributed by atoms with E-state index in [0.717, 1.165) is 0 Å². The Balaban J connectivity index is 2.77. The predicted molar refractivity (Wildman–Crippen MR) is 45.9 cm³/mol. The van der Waals surface area contributed by atoms with Gasteiger partial charge in [0.15, 0.2) is 0 Å². The van der Waals surface area contributed by atoms with Crippen LogP contribution in [0.1, 0.15) is 6.92 Å². The van der Waals surface area contributed by atoms with E-state index in [4.69, 9.17) is 14.9 Å². The quantitative estimate of drug-likeness (QED) is 0.594. The second kappa shape index (κ2) is 4.20. The van der Waals surface area contributed by atoms with Crippen LogP contribution in [0.15, 0.2) is 23.3 Å². The average Bonchev–Trinajstić information content (AvgIpc) is 2.42. The minimum atomic E-state index is -0.567. The molecule has 0 amide bonds. The van der Waals surface area contributed by atoms with Gasteiger partial charge in [0, 0.05) is 5.57 Å². The first-order valence-corrected chi connectivity index (χ1v) is 4.01. The highest BCUT2D eigenvalue weighted by Crippen LogP contribution is 2.16. The van der Waals surface area contributed by atoms with E-state index in [1.807, 2.05) is 0 Å². The number of ether oxygens (including phenoxy) is 1. The molecule has 0 unspecified atom stereocenters. The van der Waals surface area contributed by atoms with Gasteiger partial charge >= 0.3 is 5.97 Å². The summed E-state index contributed by atoms with van der Waals surface area (Å²) in [5.41, 5.74) is 0.908. The van der Waals surface area contributed by atoms with E-state index < -0.39 is 12.1 Å². The second-order valence-electron chi connectivity index (χ2n) is 2.84. The summed E-state index contributed by atoms with van der Waals surface area (Å²) in [4.78, 5) is 10.9. The lowest BCUT2D eigenvalue weighted by Gasteiger charge is -1.95. The van der Waals surface area contributed by atoms with Gasteiger partial charge in [-0.15, -0.1) is 0 Å². The van der Waals surface area contributed by atoms with Crippen molar-refractivity contribution in [2.75, 3.05) is 13.2 Å². The van der Waals surface area contributed by atoms with Crippen molar-refractivity contribution >= 4 is 5.97 Å². The van der Waals surface area contributed by atoms with Gasteiger partial charge in [-0.1, -0.05) is 12.2 Å². The number of cyclic esters (lactones) is 1. The van der Waals surface area contributed by atoms with Crippen LogP contribution in [0.3, 0.4) is 0 Å². The molecule has 13 heavy (non-hydrogen) atoms. The minimum Gasteiger partial charge on any atom is -0.457 e. The highest BCUT2D eigenvalue weighted by Gasteiger charge is 2.21. The molecule has 1 aliphatic rings. The fourth-order valence-corrected chi connectivity index (χ4v) is 1.02. The van der Waals surface area contributed by atoms with E-state index >= 15 is 0 Å². The van der Waals surface area contributed by atoms with Crippen molar-refractivity contribution in [2.45, 2.75) is 13.0 Å². The maximum atomic E-state index is 10.9. The molecule has 0 bridgehead atoms. The van der Waals surface area contributed by atoms with Crippen molar-refractivity contribution in [3.05, 3.63) is 23.3 Å². The Morgan fingerprint density at radius 2 is 2.38 bits per heavy atom. The molecule has 4 nitrogen and oxygen atoms in total. The zero-order chi connectivity index (χ0) is 9.84. The summed E-state index contributed by atoms with van der Waals surface area (Å²) in [5.74, 6) is -0.479. The van der Waals surface area contributed by atoms with E-state index in [2.05, 4.69) is 0 Å². The van der Waals surface area contributed by atoms with Crippen molar-refractivity contribution in [1.29, 1.82) is 0 Å². The number of aliphatic hydroxyl groups is 2. The van der Waals surface area contributed by atoms with Gasteiger partial charge in [0.05, 0.1) is 18.3 Å². The molecule has 72 valence electrons. The van der Waals surface area contributed by atoms with Crippen LogP contribution in [0, 0.1) is 0 Å². The van der Waals surface area contributed by atoms with Crippen LogP contribution in [-0.2, 0) is 9.53 Å². The van der Waals surface area contributed by atoms with Gasteiger partial charge in [-0.3, -0.25) is 0 Å². The van der Waals surface area contributed by atoms with Gasteiger partial charge < -0.3 is 14.9 Å². The van der Waals surface area contributed by atoms with Gasteiger partial charge in [0.25, 0.3) is 0 Å². The van der Waals surface area contributed by atoms with E-state index in [1.165, 1.54) is 6.08 Å². The molecule has 0 fully saturated rings. The van der Waals surface area contributed by atoms with Crippen LogP contribution in [0.4, 0.5) is 0 Å². The molecule has 1 aliphatic heterocycles. The zero-order valence-electron chi connectivity index (χ0n) is 7.36. The van der Waals surface area contributed by atoms with E-state index in [9.17, 15) is 4.79 Å². The molecule has 0 aromatic heterocycles. The Hall–Kier alpha value is -1.13. The molecule has 0 aromatic carbocycles. The molecule has 1 rings (SSSR count). The molecule has 0 aromatic rings. The van der Waals surface area contributed by atoms with Crippen molar-refractivity contribution in [2.24, 2.45) is 0 Å². The van der Waals surface area contributed by atoms with Crippen molar-refractivity contribution in [1.82, 2.24) is 0 Å². The number of aliphatic hydroxyl groups excluding tert-OH is 2. The van der Waals surface area contributed by atoms with Gasteiger partial charge in [0.1, 0.15) is 6.61 Å². The number of carbonyl (C=O) groups is 1. The highest BCUT2D eigenvalue weighted by molar-refractivity contribution is 5.92. The van der Waals surface area contributed by atoms with Crippen LogP contribution >= 0.6 is 0 Å². The third kappa shape index (κ3) is 2.40. The predicted octanol–water partition coefficient (Wildman–Crippen LogP) is -0.231. The van der Waals surface area contributed by atoms with E-state index in [-0.39, 0.29) is 18.8 Å². The van der Waals surface area contributed by atoms with Crippen molar-refractivity contribution in [3.63, 3.8) is 0 Å². The summed E-state index contributed by atoms with van der Waals surface area (Å²) < 4.78 is 4.70. The topological polar surface area (TPSA) is 66.8 Å². The molecule has 0 aliphatic carbocycles. The second-order valence-corrected chi connectivity index (χ2v) is 2.84. The number of hydrogen-bond acceptors (Lipinski definition) is 4. The first kappa shape index (κ1) is 9.95. The number of esters is 1. The molecule has 0 radical (unpaired) electrons. The summed E-state index contributed by atoms with van der Waals surface area (Å²) >= 11 is 0. The first-order chi connectivity index (χ1) is 6.15. The molecule has 1 atom stereocenters. The fourth-order valence-electron chi connectivity index (χ4n) is 1.02. The number of rotatable bonds is 3. The van der Waals surface area contributed by atoms with Crippen LogP contribution < -0.4 is 0 Å². The molecule has 0 saturated carbocycles. The maximum Gasteiger partial charge on any atom is 0.337 e. The van der Waals surface area contributed by atoms with Crippen LogP contribution in [0.25, 0.3) is 0 Å². The van der Waals surface area contributed by atoms with Crippen LogP contribution in [0.5, 0.6) is 0 Å². The van der Waals surface area contributed by atoms with Gasteiger partial charge in [-0.05, 0) is 6.92 Å². The zero-order valence-corrected chi connectivity index (χ0v) is 7.36. The third-order valence-electron chi connectivity index (χ3n) is 1.73. The molecular formula is C9H12O4. The normalized spacial score (nSPS) is 19.8. The lowest BCUT2D eigenvalue weighted by Crippen LogP contribution is -2.02. The third-order valence-corrected chi connectivity index (χ3v) is 1.73. The van der Waals surface area contributed by atoms with E-state index in [0.29, 0.717) is 5.57 Å². The monoisotopic (exact) mass is 184 g/mol. The molecule has 1 heterocycles. The molecule has 4 heteroatoms.